The van der Waals surface area contributed by atoms with Crippen molar-refractivity contribution >= 4 is 36.6 Å². The van der Waals surface area contributed by atoms with Gasteiger partial charge in [-0.05, 0) is 47.7 Å². The van der Waals surface area contributed by atoms with E-state index in [1.54, 1.807) is 0 Å². The third-order valence-electron chi connectivity index (χ3n) is 5.81. The average Bonchev–Trinajstić information content (AvgIpc) is 2.80. The van der Waals surface area contributed by atoms with E-state index in [9.17, 15) is 9.59 Å². The summed E-state index contributed by atoms with van der Waals surface area (Å²) in [5, 5.41) is 3.08. The number of esters is 1. The van der Waals surface area contributed by atoms with E-state index in [1.807, 2.05) is 56.4 Å². The maximum atomic E-state index is 12.9. The van der Waals surface area contributed by atoms with Crippen LogP contribution < -0.4 is 15.7 Å². The van der Waals surface area contributed by atoms with Crippen LogP contribution in [0.15, 0.2) is 66.7 Å². The number of carbonyl (C=O) groups is 2. The van der Waals surface area contributed by atoms with E-state index in [4.69, 9.17) is 4.74 Å². The largest absolute Gasteiger partial charge is 0.464 e. The Morgan fingerprint density at radius 3 is 2.47 bits per heavy atom. The Kier molecular flexibility index (Phi) is 6.59. The van der Waals surface area contributed by atoms with Crippen molar-refractivity contribution in [2.24, 2.45) is 0 Å². The summed E-state index contributed by atoms with van der Waals surface area (Å²) in [4.78, 5) is 26.3. The molecule has 1 N–H and O–H groups in total. The molecular formula is C26H27BN2O3. The molecule has 3 aromatic carbocycles. The van der Waals surface area contributed by atoms with E-state index in [1.165, 1.54) is 12.5 Å². The molecule has 162 valence electrons. The molecule has 4 rings (SSSR count). The second kappa shape index (κ2) is 9.73. The average molecular weight is 426 g/mol. The molecule has 0 saturated carbocycles. The SMILES string of the molecule is Bc1cc2c(cc1NC(=O)c1ccc(-c3ccccc3)cc1)N(CCOC(C)=O)CCC2. The number of ether oxygens (including phenoxy) is 1. The van der Waals surface area contributed by atoms with Crippen molar-refractivity contribution in [2.45, 2.75) is 19.8 Å². The highest BCUT2D eigenvalue weighted by Gasteiger charge is 2.19. The molecule has 1 amide bonds. The number of hydrogen-bond acceptors (Lipinski definition) is 4. The third-order valence-corrected chi connectivity index (χ3v) is 5.81. The van der Waals surface area contributed by atoms with Gasteiger partial charge in [0.25, 0.3) is 5.91 Å². The van der Waals surface area contributed by atoms with Gasteiger partial charge in [0, 0.05) is 30.4 Å². The molecule has 0 unspecified atom stereocenters. The van der Waals surface area contributed by atoms with Gasteiger partial charge >= 0.3 is 5.97 Å². The van der Waals surface area contributed by atoms with Crippen molar-refractivity contribution in [1.82, 2.24) is 0 Å². The Labute approximate surface area is 189 Å². The standard InChI is InChI=1S/C26H27BN2O3/c1-18(30)32-15-14-29-13-5-8-22-16-23(27)24(17-25(22)29)28-26(31)21-11-9-20(10-12-21)19-6-3-2-4-7-19/h2-4,6-7,9-12,16-17H,5,8,13-15,27H2,1H3,(H,28,31). The van der Waals surface area contributed by atoms with Crippen LogP contribution in [-0.4, -0.2) is 39.4 Å². The van der Waals surface area contributed by atoms with Gasteiger partial charge in [-0.1, -0.05) is 54.0 Å². The summed E-state index contributed by atoms with van der Waals surface area (Å²) >= 11 is 0. The summed E-state index contributed by atoms with van der Waals surface area (Å²) in [6.07, 6.45) is 2.07. The summed E-state index contributed by atoms with van der Waals surface area (Å²) in [6, 6.07) is 22.0. The number of nitrogens with zero attached hydrogens (tertiary/aromatic N) is 1. The quantitative estimate of drug-likeness (QED) is 0.486. The number of hydrogen-bond donors (Lipinski definition) is 1. The van der Waals surface area contributed by atoms with Crippen molar-refractivity contribution in [1.29, 1.82) is 0 Å². The summed E-state index contributed by atoms with van der Waals surface area (Å²) in [7, 11) is 2.02. The Morgan fingerprint density at radius 2 is 1.75 bits per heavy atom. The predicted molar refractivity (Wildman–Crippen MR) is 132 cm³/mol. The lowest BCUT2D eigenvalue weighted by Crippen LogP contribution is -2.34. The molecule has 5 nitrogen and oxygen atoms in total. The van der Waals surface area contributed by atoms with Crippen LogP contribution in [0.3, 0.4) is 0 Å². The molecular weight excluding hydrogens is 399 g/mol. The Balaban J connectivity index is 1.50. The zero-order valence-corrected chi connectivity index (χ0v) is 18.6. The second-order valence-corrected chi connectivity index (χ2v) is 8.12. The van der Waals surface area contributed by atoms with E-state index >= 15 is 0 Å². The molecule has 0 aliphatic carbocycles. The molecule has 0 aromatic heterocycles. The Hall–Kier alpha value is -3.54. The lowest BCUT2D eigenvalue weighted by atomic mass is 9.88. The minimum Gasteiger partial charge on any atom is -0.464 e. The van der Waals surface area contributed by atoms with Crippen molar-refractivity contribution < 1.29 is 14.3 Å². The van der Waals surface area contributed by atoms with Crippen LogP contribution in [0.1, 0.15) is 29.3 Å². The second-order valence-electron chi connectivity index (χ2n) is 8.12. The van der Waals surface area contributed by atoms with E-state index in [0.29, 0.717) is 18.7 Å². The molecule has 1 heterocycles. The number of amides is 1. The summed E-state index contributed by atoms with van der Waals surface area (Å²) in [5.74, 6) is -0.396. The first-order chi connectivity index (χ1) is 15.5. The van der Waals surface area contributed by atoms with Crippen LogP contribution in [0.5, 0.6) is 0 Å². The highest BCUT2D eigenvalue weighted by molar-refractivity contribution is 6.37. The number of rotatable bonds is 6. The molecule has 3 aromatic rings. The van der Waals surface area contributed by atoms with E-state index < -0.39 is 0 Å². The molecule has 0 radical (unpaired) electrons. The van der Waals surface area contributed by atoms with Gasteiger partial charge in [0.05, 0.1) is 6.54 Å². The van der Waals surface area contributed by atoms with Gasteiger partial charge in [-0.15, -0.1) is 0 Å². The van der Waals surface area contributed by atoms with Crippen LogP contribution >= 0.6 is 0 Å². The van der Waals surface area contributed by atoms with Gasteiger partial charge in [0.1, 0.15) is 14.5 Å². The smallest absolute Gasteiger partial charge is 0.302 e. The number of nitrogens with one attached hydrogen (secondary N) is 1. The summed E-state index contributed by atoms with van der Waals surface area (Å²) in [5.41, 5.74) is 7.04. The van der Waals surface area contributed by atoms with Crippen LogP contribution in [-0.2, 0) is 16.0 Å². The number of aryl methyl sites for hydroxylation is 1. The fraction of sp³-hybridized carbons (Fsp3) is 0.231. The number of carbonyl (C=O) groups excluding carboxylic acids is 2. The van der Waals surface area contributed by atoms with Crippen LogP contribution in [0.4, 0.5) is 11.4 Å². The molecule has 6 heteroatoms. The maximum absolute atomic E-state index is 12.9. The van der Waals surface area contributed by atoms with Gasteiger partial charge < -0.3 is 15.0 Å². The number of anilines is 2. The minimum absolute atomic E-state index is 0.130. The monoisotopic (exact) mass is 426 g/mol. The molecule has 1 aliphatic heterocycles. The zero-order chi connectivity index (χ0) is 22.5. The lowest BCUT2D eigenvalue weighted by molar-refractivity contribution is -0.140. The van der Waals surface area contributed by atoms with E-state index in [2.05, 4.69) is 28.4 Å². The molecule has 0 bridgehead atoms. The third kappa shape index (κ3) is 5.02. The van der Waals surface area contributed by atoms with Gasteiger partial charge in [-0.25, -0.2) is 0 Å². The van der Waals surface area contributed by atoms with Crippen LogP contribution in [0.25, 0.3) is 11.1 Å². The highest BCUT2D eigenvalue weighted by Crippen LogP contribution is 2.29. The van der Waals surface area contributed by atoms with Gasteiger partial charge in [0.2, 0.25) is 0 Å². The molecule has 1 aliphatic rings. The fourth-order valence-corrected chi connectivity index (χ4v) is 4.14. The van der Waals surface area contributed by atoms with Crippen molar-refractivity contribution in [3.05, 3.63) is 77.9 Å². The molecule has 32 heavy (non-hydrogen) atoms. The van der Waals surface area contributed by atoms with Crippen LogP contribution in [0.2, 0.25) is 0 Å². The van der Waals surface area contributed by atoms with Crippen LogP contribution in [0, 0.1) is 0 Å². The highest BCUT2D eigenvalue weighted by atomic mass is 16.5. The number of benzene rings is 3. The first-order valence-corrected chi connectivity index (χ1v) is 11.0. The zero-order valence-electron chi connectivity index (χ0n) is 18.6. The predicted octanol–water partition coefficient (Wildman–Crippen LogP) is 3.18. The minimum atomic E-state index is -0.266. The molecule has 0 spiro atoms. The van der Waals surface area contributed by atoms with Crippen molar-refractivity contribution in [3.8, 4) is 11.1 Å². The topological polar surface area (TPSA) is 58.6 Å². The molecule has 0 saturated heterocycles. The lowest BCUT2D eigenvalue weighted by Gasteiger charge is -2.32. The Bertz CT molecular complexity index is 1110. The maximum Gasteiger partial charge on any atom is 0.302 e. The fourth-order valence-electron chi connectivity index (χ4n) is 4.14. The van der Waals surface area contributed by atoms with Crippen molar-refractivity contribution in [3.63, 3.8) is 0 Å². The summed E-state index contributed by atoms with van der Waals surface area (Å²) < 4.78 is 5.13. The van der Waals surface area contributed by atoms with E-state index in [0.717, 1.165) is 47.4 Å². The number of fused-ring (bicyclic) bond motifs is 1. The van der Waals surface area contributed by atoms with E-state index in [-0.39, 0.29) is 11.9 Å². The first-order valence-electron chi connectivity index (χ1n) is 11.0. The van der Waals surface area contributed by atoms with Crippen molar-refractivity contribution in [2.75, 3.05) is 29.9 Å². The van der Waals surface area contributed by atoms with Gasteiger partial charge in [-0.3, -0.25) is 9.59 Å². The van der Waals surface area contributed by atoms with Gasteiger partial charge in [-0.2, -0.15) is 0 Å². The molecule has 0 atom stereocenters. The summed E-state index contributed by atoms with van der Waals surface area (Å²) in [6.45, 7) is 3.33. The molecule has 0 fully saturated rings. The first kappa shape index (κ1) is 21.7. The van der Waals surface area contributed by atoms with Gasteiger partial charge in [0.15, 0.2) is 0 Å². The Morgan fingerprint density at radius 1 is 1.03 bits per heavy atom. The normalized spacial score (nSPS) is 12.7.